The highest BCUT2D eigenvalue weighted by Crippen LogP contribution is 2.24. The van der Waals surface area contributed by atoms with Gasteiger partial charge in [0.05, 0.1) is 0 Å². The number of hydrogen-bond donors (Lipinski definition) is 7. The van der Waals surface area contributed by atoms with Crippen molar-refractivity contribution in [3.8, 4) is 0 Å². The fourth-order valence-corrected chi connectivity index (χ4v) is 11.1. The standard InChI is InChI=1S/C10H31N3O6Si3/c1-20(14,8-2-5-11)18-22(17,10-4-7-13)19-21(15,16)9-3-6-12/h14-17H,2-13H2,1H3. The van der Waals surface area contributed by atoms with Crippen molar-refractivity contribution in [1.29, 1.82) is 0 Å². The van der Waals surface area contributed by atoms with E-state index in [0.29, 0.717) is 38.4 Å². The van der Waals surface area contributed by atoms with Crippen molar-refractivity contribution < 1.29 is 27.4 Å². The minimum absolute atomic E-state index is 0.0305. The number of nitrogens with two attached hydrogens (primary N) is 3. The van der Waals surface area contributed by atoms with Crippen molar-refractivity contribution >= 4 is 26.2 Å². The number of rotatable bonds is 13. The molecule has 2 atom stereocenters. The van der Waals surface area contributed by atoms with Gasteiger partial charge < -0.3 is 44.6 Å². The Morgan fingerprint density at radius 2 is 1.18 bits per heavy atom. The molecular weight excluding hydrogens is 342 g/mol. The fourth-order valence-electron chi connectivity index (χ4n) is 1.91. The average Bonchev–Trinajstić information content (AvgIpc) is 2.39. The van der Waals surface area contributed by atoms with Crippen LogP contribution in [0.4, 0.5) is 0 Å². The van der Waals surface area contributed by atoms with Gasteiger partial charge in [0, 0.05) is 12.1 Å². The van der Waals surface area contributed by atoms with Gasteiger partial charge in [-0.05, 0) is 51.5 Å². The SMILES string of the molecule is C[Si](O)(CCCN)O[Si](O)(CCCN)O[Si](O)(O)CCCN. The van der Waals surface area contributed by atoms with Crippen LogP contribution in [0.1, 0.15) is 19.3 Å². The maximum atomic E-state index is 10.6. The van der Waals surface area contributed by atoms with Crippen molar-refractivity contribution in [1.82, 2.24) is 0 Å². The fraction of sp³-hybridized carbons (Fsp3) is 1.00. The lowest BCUT2D eigenvalue weighted by molar-refractivity contribution is 0.147. The maximum absolute atomic E-state index is 10.6. The van der Waals surface area contributed by atoms with E-state index in [2.05, 4.69) is 0 Å². The van der Waals surface area contributed by atoms with Crippen LogP contribution >= 0.6 is 0 Å². The normalized spacial score (nSPS) is 18.0. The summed E-state index contributed by atoms with van der Waals surface area (Å²) in [7, 11) is -11.2. The van der Waals surface area contributed by atoms with Crippen LogP contribution in [0.5, 0.6) is 0 Å². The van der Waals surface area contributed by atoms with Crippen molar-refractivity contribution in [2.75, 3.05) is 19.6 Å². The molecule has 0 amide bonds. The zero-order chi connectivity index (χ0) is 17.3. The third kappa shape index (κ3) is 10.1. The number of hydrogen-bond acceptors (Lipinski definition) is 9. The van der Waals surface area contributed by atoms with Gasteiger partial charge in [0.2, 0.25) is 0 Å². The summed E-state index contributed by atoms with van der Waals surface area (Å²) in [6.45, 7) is 2.49. The van der Waals surface area contributed by atoms with Gasteiger partial charge >= 0.3 is 26.2 Å². The van der Waals surface area contributed by atoms with Crippen LogP contribution in [0.3, 0.4) is 0 Å². The van der Waals surface area contributed by atoms with E-state index >= 15 is 0 Å². The molecule has 0 aliphatic rings. The van der Waals surface area contributed by atoms with Crippen LogP contribution in [0, 0.1) is 0 Å². The average molecular weight is 374 g/mol. The summed E-state index contributed by atoms with van der Waals surface area (Å²) in [5, 5.41) is 0. The summed E-state index contributed by atoms with van der Waals surface area (Å²) < 4.78 is 10.7. The molecule has 0 aliphatic heterocycles. The minimum Gasteiger partial charge on any atom is -0.411 e. The Labute approximate surface area is 135 Å². The molecule has 0 aromatic heterocycles. The molecule has 0 aromatic rings. The van der Waals surface area contributed by atoms with E-state index < -0.39 is 26.2 Å². The van der Waals surface area contributed by atoms with Crippen molar-refractivity contribution in [2.45, 2.75) is 43.9 Å². The van der Waals surface area contributed by atoms with Gasteiger partial charge in [0.15, 0.2) is 0 Å². The molecule has 0 rings (SSSR count). The highest BCUT2D eigenvalue weighted by molar-refractivity contribution is 6.80. The first kappa shape index (κ1) is 22.3. The van der Waals surface area contributed by atoms with Crippen molar-refractivity contribution in [3.63, 3.8) is 0 Å². The monoisotopic (exact) mass is 373 g/mol. The topological polar surface area (TPSA) is 177 Å². The summed E-state index contributed by atoms with van der Waals surface area (Å²) in [5.41, 5.74) is 16.2. The lowest BCUT2D eigenvalue weighted by Crippen LogP contribution is -2.59. The van der Waals surface area contributed by atoms with Crippen LogP contribution < -0.4 is 17.2 Å². The molecule has 0 fully saturated rings. The second-order valence-electron chi connectivity index (χ2n) is 5.51. The van der Waals surface area contributed by atoms with E-state index in [0.717, 1.165) is 0 Å². The molecule has 0 aliphatic carbocycles. The van der Waals surface area contributed by atoms with Crippen molar-refractivity contribution in [3.05, 3.63) is 0 Å². The molecule has 10 N–H and O–H groups in total. The molecule has 0 spiro atoms. The molecule has 0 saturated carbocycles. The van der Waals surface area contributed by atoms with E-state index in [1.807, 2.05) is 0 Å². The predicted octanol–water partition coefficient (Wildman–Crippen LogP) is -2.01. The zero-order valence-corrected chi connectivity index (χ0v) is 16.2. The van der Waals surface area contributed by atoms with E-state index in [1.54, 1.807) is 0 Å². The van der Waals surface area contributed by atoms with Crippen molar-refractivity contribution in [2.24, 2.45) is 17.2 Å². The largest absolute Gasteiger partial charge is 0.488 e. The van der Waals surface area contributed by atoms with Gasteiger partial charge in [-0.1, -0.05) is 0 Å². The first-order valence-corrected chi connectivity index (χ1v) is 14.0. The summed E-state index contributed by atoms with van der Waals surface area (Å²) in [6.07, 6.45) is 1.31. The van der Waals surface area contributed by atoms with Crippen LogP contribution in [0.15, 0.2) is 0 Å². The smallest absolute Gasteiger partial charge is 0.411 e. The Bertz CT molecular complexity index is 290. The molecule has 12 heteroatoms. The van der Waals surface area contributed by atoms with Gasteiger partial charge in [0.25, 0.3) is 0 Å². The highest BCUT2D eigenvalue weighted by atomic mass is 28.5. The van der Waals surface area contributed by atoms with E-state index in [1.165, 1.54) is 6.55 Å². The van der Waals surface area contributed by atoms with Crippen LogP contribution in [-0.4, -0.2) is 65.0 Å². The first-order valence-electron chi connectivity index (χ1n) is 7.50. The van der Waals surface area contributed by atoms with E-state index in [4.69, 9.17) is 25.4 Å². The lowest BCUT2D eigenvalue weighted by atomic mass is 10.5. The predicted molar refractivity (Wildman–Crippen MR) is 89.6 cm³/mol. The van der Waals surface area contributed by atoms with Gasteiger partial charge in [-0.3, -0.25) is 0 Å². The second-order valence-corrected chi connectivity index (χ2v) is 13.9. The Hall–Kier alpha value is 0.291. The molecule has 134 valence electrons. The Kier molecular flexibility index (Phi) is 10.4. The maximum Gasteiger partial charge on any atom is 0.488 e. The first-order chi connectivity index (χ1) is 10.1. The van der Waals surface area contributed by atoms with Crippen LogP contribution in [-0.2, 0) is 8.23 Å². The molecule has 9 nitrogen and oxygen atoms in total. The third-order valence-corrected chi connectivity index (χ3v) is 11.8. The lowest BCUT2D eigenvalue weighted by Gasteiger charge is -2.35. The molecule has 0 heterocycles. The minimum atomic E-state index is -4.09. The van der Waals surface area contributed by atoms with Crippen LogP contribution in [0.25, 0.3) is 0 Å². The Balaban J connectivity index is 4.89. The van der Waals surface area contributed by atoms with Gasteiger partial charge in [-0.25, -0.2) is 0 Å². The summed E-state index contributed by atoms with van der Waals surface area (Å²) in [4.78, 5) is 40.8. The van der Waals surface area contributed by atoms with E-state index in [-0.39, 0.29) is 18.6 Å². The van der Waals surface area contributed by atoms with E-state index in [9.17, 15) is 19.2 Å². The Morgan fingerprint density at radius 1 is 0.727 bits per heavy atom. The highest BCUT2D eigenvalue weighted by Gasteiger charge is 2.50. The second kappa shape index (κ2) is 10.2. The third-order valence-electron chi connectivity index (χ3n) is 2.95. The molecule has 0 radical (unpaired) electrons. The summed E-state index contributed by atoms with van der Waals surface area (Å²) in [5.74, 6) is 0. The molecule has 0 bridgehead atoms. The molecule has 2 unspecified atom stereocenters. The molecule has 22 heavy (non-hydrogen) atoms. The van der Waals surface area contributed by atoms with Gasteiger partial charge in [0.1, 0.15) is 0 Å². The Morgan fingerprint density at radius 3 is 1.68 bits per heavy atom. The zero-order valence-electron chi connectivity index (χ0n) is 13.2. The summed E-state index contributed by atoms with van der Waals surface area (Å²) in [6, 6.07) is 0.365. The van der Waals surface area contributed by atoms with Gasteiger partial charge in [-0.2, -0.15) is 0 Å². The molecule has 0 saturated heterocycles. The molecular formula is C10H31N3O6Si3. The summed E-state index contributed by atoms with van der Waals surface area (Å²) >= 11 is 0. The quantitative estimate of drug-likeness (QED) is 0.180. The van der Waals surface area contributed by atoms with Crippen LogP contribution in [0.2, 0.25) is 24.7 Å². The molecule has 0 aromatic carbocycles. The van der Waals surface area contributed by atoms with Gasteiger partial charge in [-0.15, -0.1) is 0 Å².